The van der Waals surface area contributed by atoms with Crippen LogP contribution >= 0.6 is 0 Å². The maximum Gasteiger partial charge on any atom is 0.230 e. The van der Waals surface area contributed by atoms with Crippen LogP contribution in [0.2, 0.25) is 0 Å². The fourth-order valence-electron chi connectivity index (χ4n) is 2.37. The first-order chi connectivity index (χ1) is 9.34. The Morgan fingerprint density at radius 2 is 1.37 bits per heavy atom. The van der Waals surface area contributed by atoms with Gasteiger partial charge in [0.15, 0.2) is 0 Å². The van der Waals surface area contributed by atoms with Crippen molar-refractivity contribution in [2.45, 2.75) is 6.42 Å². The zero-order valence-corrected chi connectivity index (χ0v) is 10.7. The second kappa shape index (κ2) is 5.14. The highest BCUT2D eigenvalue weighted by Crippen LogP contribution is 2.22. The number of carbonyl (C=O) groups is 1. The molecule has 0 saturated carbocycles. The van der Waals surface area contributed by atoms with Crippen LogP contribution in [-0.4, -0.2) is 19.1 Å². The Balaban J connectivity index is 1.84. The summed E-state index contributed by atoms with van der Waals surface area (Å²) in [4.78, 5) is 16.1. The molecular formula is C16H16N2O. The SMILES string of the molecule is O=C1CCN(c2ccccc2)CN1c1ccccc1. The molecule has 0 atom stereocenters. The van der Waals surface area contributed by atoms with Crippen LogP contribution in [0.15, 0.2) is 60.7 Å². The lowest BCUT2D eigenvalue weighted by atomic mass is 10.2. The lowest BCUT2D eigenvalue weighted by Crippen LogP contribution is -2.48. The van der Waals surface area contributed by atoms with E-state index in [1.807, 2.05) is 53.4 Å². The van der Waals surface area contributed by atoms with Crippen LogP contribution in [0.4, 0.5) is 11.4 Å². The van der Waals surface area contributed by atoms with Crippen LogP contribution in [0.1, 0.15) is 6.42 Å². The number of hydrogen-bond donors (Lipinski definition) is 0. The van der Waals surface area contributed by atoms with E-state index in [-0.39, 0.29) is 5.91 Å². The van der Waals surface area contributed by atoms with Crippen molar-refractivity contribution in [2.75, 3.05) is 23.0 Å². The van der Waals surface area contributed by atoms with Crippen LogP contribution in [-0.2, 0) is 4.79 Å². The normalized spacial score (nSPS) is 15.7. The molecule has 1 amide bonds. The minimum Gasteiger partial charge on any atom is -0.353 e. The van der Waals surface area contributed by atoms with E-state index in [1.165, 1.54) is 0 Å². The standard InChI is InChI=1S/C16H16N2O/c19-16-11-12-17(14-7-3-1-4-8-14)13-18(16)15-9-5-2-6-10-15/h1-10H,11-13H2. The smallest absolute Gasteiger partial charge is 0.230 e. The van der Waals surface area contributed by atoms with Gasteiger partial charge in [-0.2, -0.15) is 0 Å². The highest BCUT2D eigenvalue weighted by molar-refractivity contribution is 5.95. The number of carbonyl (C=O) groups excluding carboxylic acids is 1. The quantitative estimate of drug-likeness (QED) is 0.820. The van der Waals surface area contributed by atoms with E-state index >= 15 is 0 Å². The first kappa shape index (κ1) is 11.8. The molecule has 2 aromatic carbocycles. The van der Waals surface area contributed by atoms with E-state index in [0.717, 1.165) is 17.9 Å². The van der Waals surface area contributed by atoms with E-state index in [2.05, 4.69) is 17.0 Å². The average molecular weight is 252 g/mol. The lowest BCUT2D eigenvalue weighted by molar-refractivity contribution is -0.119. The summed E-state index contributed by atoms with van der Waals surface area (Å²) in [5.74, 6) is 0.193. The Kier molecular flexibility index (Phi) is 3.19. The van der Waals surface area contributed by atoms with Crippen molar-refractivity contribution >= 4 is 17.3 Å². The van der Waals surface area contributed by atoms with Gasteiger partial charge in [-0.15, -0.1) is 0 Å². The van der Waals surface area contributed by atoms with Gasteiger partial charge in [0, 0.05) is 24.3 Å². The molecule has 19 heavy (non-hydrogen) atoms. The number of benzene rings is 2. The Bertz CT molecular complexity index is 553. The fraction of sp³-hybridized carbons (Fsp3) is 0.188. The number of amides is 1. The Hall–Kier alpha value is -2.29. The number of anilines is 2. The first-order valence-electron chi connectivity index (χ1n) is 6.50. The van der Waals surface area contributed by atoms with E-state index < -0.39 is 0 Å². The highest BCUT2D eigenvalue weighted by atomic mass is 16.2. The predicted molar refractivity (Wildman–Crippen MR) is 77.2 cm³/mol. The molecule has 0 aromatic heterocycles. The maximum atomic E-state index is 12.1. The number of rotatable bonds is 2. The van der Waals surface area contributed by atoms with E-state index in [4.69, 9.17) is 0 Å². The molecular weight excluding hydrogens is 236 g/mol. The molecule has 3 heteroatoms. The van der Waals surface area contributed by atoms with Crippen molar-refractivity contribution in [2.24, 2.45) is 0 Å². The van der Waals surface area contributed by atoms with Gasteiger partial charge in [0.25, 0.3) is 0 Å². The van der Waals surface area contributed by atoms with Gasteiger partial charge in [0.1, 0.15) is 0 Å². The van der Waals surface area contributed by atoms with Crippen molar-refractivity contribution in [3.05, 3.63) is 60.7 Å². The van der Waals surface area contributed by atoms with Crippen molar-refractivity contribution < 1.29 is 4.79 Å². The van der Waals surface area contributed by atoms with Gasteiger partial charge in [-0.3, -0.25) is 9.69 Å². The molecule has 1 aliphatic rings. The van der Waals surface area contributed by atoms with Crippen LogP contribution in [0, 0.1) is 0 Å². The summed E-state index contributed by atoms with van der Waals surface area (Å²) in [6.07, 6.45) is 0.559. The summed E-state index contributed by atoms with van der Waals surface area (Å²) in [6.45, 7) is 1.40. The minimum atomic E-state index is 0.193. The molecule has 0 N–H and O–H groups in total. The van der Waals surface area contributed by atoms with Gasteiger partial charge in [0.2, 0.25) is 5.91 Å². The number of nitrogens with zero attached hydrogens (tertiary/aromatic N) is 2. The van der Waals surface area contributed by atoms with Crippen molar-refractivity contribution in [1.29, 1.82) is 0 Å². The molecule has 0 bridgehead atoms. The van der Waals surface area contributed by atoms with Crippen LogP contribution in [0.3, 0.4) is 0 Å². The predicted octanol–water partition coefficient (Wildman–Crippen LogP) is 2.89. The summed E-state index contributed by atoms with van der Waals surface area (Å²) in [5.41, 5.74) is 2.13. The second-order valence-corrected chi connectivity index (χ2v) is 4.65. The Labute approximate surface area is 113 Å². The van der Waals surface area contributed by atoms with Crippen LogP contribution in [0.25, 0.3) is 0 Å². The van der Waals surface area contributed by atoms with E-state index in [0.29, 0.717) is 13.1 Å². The average Bonchev–Trinajstić information content (AvgIpc) is 2.49. The van der Waals surface area contributed by atoms with Crippen molar-refractivity contribution in [1.82, 2.24) is 0 Å². The fourth-order valence-corrected chi connectivity index (χ4v) is 2.37. The van der Waals surface area contributed by atoms with Crippen LogP contribution in [0.5, 0.6) is 0 Å². The molecule has 1 aliphatic heterocycles. The summed E-state index contributed by atoms with van der Waals surface area (Å²) in [5, 5.41) is 0. The Morgan fingerprint density at radius 3 is 2.00 bits per heavy atom. The summed E-state index contributed by atoms with van der Waals surface area (Å²) in [6, 6.07) is 20.1. The summed E-state index contributed by atoms with van der Waals surface area (Å²) < 4.78 is 0. The van der Waals surface area contributed by atoms with Gasteiger partial charge in [-0.05, 0) is 24.3 Å². The van der Waals surface area contributed by atoms with Gasteiger partial charge in [0.05, 0.1) is 6.67 Å². The van der Waals surface area contributed by atoms with E-state index in [1.54, 1.807) is 0 Å². The Morgan fingerprint density at radius 1 is 0.789 bits per heavy atom. The van der Waals surface area contributed by atoms with Gasteiger partial charge in [-0.25, -0.2) is 0 Å². The van der Waals surface area contributed by atoms with Gasteiger partial charge >= 0.3 is 0 Å². The molecule has 1 fully saturated rings. The van der Waals surface area contributed by atoms with Crippen molar-refractivity contribution in [3.8, 4) is 0 Å². The topological polar surface area (TPSA) is 23.6 Å². The monoisotopic (exact) mass is 252 g/mol. The third-order valence-corrected chi connectivity index (χ3v) is 3.40. The highest BCUT2D eigenvalue weighted by Gasteiger charge is 2.24. The van der Waals surface area contributed by atoms with Gasteiger partial charge in [-0.1, -0.05) is 36.4 Å². The minimum absolute atomic E-state index is 0.193. The summed E-state index contributed by atoms with van der Waals surface area (Å²) in [7, 11) is 0. The third kappa shape index (κ3) is 2.45. The number of para-hydroxylation sites is 2. The zero-order valence-electron chi connectivity index (χ0n) is 10.7. The molecule has 3 nitrogen and oxygen atoms in total. The van der Waals surface area contributed by atoms with Crippen LogP contribution < -0.4 is 9.80 Å². The third-order valence-electron chi connectivity index (χ3n) is 3.40. The zero-order chi connectivity index (χ0) is 13.1. The maximum absolute atomic E-state index is 12.1. The molecule has 1 heterocycles. The molecule has 0 unspecified atom stereocenters. The summed E-state index contributed by atoms with van der Waals surface area (Å²) >= 11 is 0. The molecule has 1 saturated heterocycles. The molecule has 0 radical (unpaired) electrons. The first-order valence-corrected chi connectivity index (χ1v) is 6.50. The van der Waals surface area contributed by atoms with E-state index in [9.17, 15) is 4.79 Å². The largest absolute Gasteiger partial charge is 0.353 e. The molecule has 2 aromatic rings. The molecule has 96 valence electrons. The lowest BCUT2D eigenvalue weighted by Gasteiger charge is -2.36. The molecule has 0 aliphatic carbocycles. The van der Waals surface area contributed by atoms with Crippen molar-refractivity contribution in [3.63, 3.8) is 0 Å². The molecule has 3 rings (SSSR count). The molecule has 0 spiro atoms. The van der Waals surface area contributed by atoms with Gasteiger partial charge < -0.3 is 4.90 Å². The second-order valence-electron chi connectivity index (χ2n) is 4.65. The number of hydrogen-bond acceptors (Lipinski definition) is 2.